The molecule has 0 heterocycles. The highest BCUT2D eigenvalue weighted by Gasteiger charge is 2.10. The number of benzene rings is 2. The van der Waals surface area contributed by atoms with Gasteiger partial charge in [-0.25, -0.2) is 4.39 Å². The van der Waals surface area contributed by atoms with Crippen molar-refractivity contribution in [1.82, 2.24) is 5.32 Å². The molecule has 0 saturated carbocycles. The molecule has 0 aliphatic heterocycles. The molecule has 0 fully saturated rings. The average molecular weight is 309 g/mol. The molecule has 0 aliphatic rings. The Morgan fingerprint density at radius 2 is 2.05 bits per heavy atom. The third-order valence-corrected chi connectivity index (χ3v) is 3.05. The second-order valence-corrected chi connectivity index (χ2v) is 4.67. The summed E-state index contributed by atoms with van der Waals surface area (Å²) in [5, 5.41) is 2.71. The Morgan fingerprint density at radius 3 is 2.76 bits per heavy atom. The molecule has 2 rings (SSSR count). The highest BCUT2D eigenvalue weighted by atomic mass is 35.5. The number of hydrogen-bond donors (Lipinski definition) is 2. The molecule has 0 atom stereocenters. The Balaban J connectivity index is 1.83. The van der Waals surface area contributed by atoms with Crippen LogP contribution in [0.1, 0.15) is 10.4 Å². The molecule has 110 valence electrons. The molecule has 6 heteroatoms. The van der Waals surface area contributed by atoms with E-state index in [9.17, 15) is 9.18 Å². The van der Waals surface area contributed by atoms with E-state index in [2.05, 4.69) is 5.32 Å². The second-order valence-electron chi connectivity index (χ2n) is 4.27. The van der Waals surface area contributed by atoms with Gasteiger partial charge in [0.25, 0.3) is 5.91 Å². The van der Waals surface area contributed by atoms with E-state index in [0.717, 1.165) is 6.07 Å². The number of para-hydroxylation sites is 2. The molecule has 0 saturated heterocycles. The molecule has 0 spiro atoms. The van der Waals surface area contributed by atoms with Crippen molar-refractivity contribution in [3.05, 3.63) is 58.9 Å². The first-order valence-electron chi connectivity index (χ1n) is 6.28. The molecule has 21 heavy (non-hydrogen) atoms. The molecule has 2 aromatic carbocycles. The van der Waals surface area contributed by atoms with Crippen molar-refractivity contribution in [3.63, 3.8) is 0 Å². The van der Waals surface area contributed by atoms with E-state index < -0.39 is 5.82 Å². The fraction of sp³-hybridized carbons (Fsp3) is 0.133. The van der Waals surface area contributed by atoms with Crippen LogP contribution in [0.15, 0.2) is 42.5 Å². The molecule has 0 unspecified atom stereocenters. The van der Waals surface area contributed by atoms with E-state index >= 15 is 0 Å². The smallest absolute Gasteiger partial charge is 0.252 e. The summed E-state index contributed by atoms with van der Waals surface area (Å²) in [7, 11) is 0. The average Bonchev–Trinajstić information content (AvgIpc) is 2.45. The van der Waals surface area contributed by atoms with Gasteiger partial charge in [0.05, 0.1) is 22.8 Å². The molecular weight excluding hydrogens is 295 g/mol. The lowest BCUT2D eigenvalue weighted by Crippen LogP contribution is -2.28. The number of nitrogen functional groups attached to an aromatic ring is 1. The zero-order valence-corrected chi connectivity index (χ0v) is 11.9. The van der Waals surface area contributed by atoms with Crippen LogP contribution in [0.5, 0.6) is 5.75 Å². The summed E-state index contributed by atoms with van der Waals surface area (Å²) in [6.07, 6.45) is 0. The molecule has 2 aromatic rings. The Hall–Kier alpha value is -2.27. The zero-order valence-electron chi connectivity index (χ0n) is 11.1. The Labute approximate surface area is 126 Å². The Kier molecular flexibility index (Phi) is 5.00. The van der Waals surface area contributed by atoms with Crippen molar-refractivity contribution in [2.75, 3.05) is 18.9 Å². The lowest BCUT2D eigenvalue weighted by atomic mass is 10.2. The van der Waals surface area contributed by atoms with Crippen molar-refractivity contribution in [3.8, 4) is 5.75 Å². The lowest BCUT2D eigenvalue weighted by molar-refractivity contribution is 0.0947. The summed E-state index contributed by atoms with van der Waals surface area (Å²) < 4.78 is 18.3. The van der Waals surface area contributed by atoms with Gasteiger partial charge in [-0.05, 0) is 30.3 Å². The van der Waals surface area contributed by atoms with Crippen LogP contribution in [-0.4, -0.2) is 19.1 Å². The third-order valence-electron chi connectivity index (χ3n) is 2.74. The van der Waals surface area contributed by atoms with E-state index in [-0.39, 0.29) is 29.6 Å². The van der Waals surface area contributed by atoms with E-state index in [0.29, 0.717) is 11.4 Å². The van der Waals surface area contributed by atoms with Gasteiger partial charge in [0.15, 0.2) is 0 Å². The predicted molar refractivity (Wildman–Crippen MR) is 80.1 cm³/mol. The quantitative estimate of drug-likeness (QED) is 0.659. The molecule has 0 aliphatic carbocycles. The van der Waals surface area contributed by atoms with E-state index in [1.165, 1.54) is 12.1 Å². The van der Waals surface area contributed by atoms with Gasteiger partial charge in [0.1, 0.15) is 18.2 Å². The summed E-state index contributed by atoms with van der Waals surface area (Å²) in [6, 6.07) is 10.7. The van der Waals surface area contributed by atoms with Gasteiger partial charge in [0.2, 0.25) is 0 Å². The summed E-state index contributed by atoms with van der Waals surface area (Å²) >= 11 is 5.81. The highest BCUT2D eigenvalue weighted by Crippen LogP contribution is 2.19. The largest absolute Gasteiger partial charge is 0.490 e. The first-order valence-corrected chi connectivity index (χ1v) is 6.66. The van der Waals surface area contributed by atoms with Crippen LogP contribution < -0.4 is 15.8 Å². The fourth-order valence-corrected chi connectivity index (χ4v) is 1.96. The number of rotatable bonds is 5. The van der Waals surface area contributed by atoms with Crippen LogP contribution in [0.2, 0.25) is 5.02 Å². The number of amides is 1. The maximum absolute atomic E-state index is 12.9. The normalized spacial score (nSPS) is 10.2. The third kappa shape index (κ3) is 4.10. The predicted octanol–water partition coefficient (Wildman–Crippen LogP) is 2.87. The van der Waals surface area contributed by atoms with Crippen molar-refractivity contribution in [1.29, 1.82) is 0 Å². The van der Waals surface area contributed by atoms with Crippen LogP contribution in [0, 0.1) is 5.82 Å². The van der Waals surface area contributed by atoms with Gasteiger partial charge in [-0.3, -0.25) is 4.79 Å². The topological polar surface area (TPSA) is 64.3 Å². The lowest BCUT2D eigenvalue weighted by Gasteiger charge is -2.10. The minimum atomic E-state index is -0.487. The molecule has 1 amide bonds. The van der Waals surface area contributed by atoms with Gasteiger partial charge in [-0.2, -0.15) is 0 Å². The summed E-state index contributed by atoms with van der Waals surface area (Å²) in [5.74, 6) is -0.310. The van der Waals surface area contributed by atoms with Crippen molar-refractivity contribution < 1.29 is 13.9 Å². The van der Waals surface area contributed by atoms with Crippen molar-refractivity contribution >= 4 is 23.2 Å². The molecule has 0 bridgehead atoms. The van der Waals surface area contributed by atoms with Crippen LogP contribution in [-0.2, 0) is 0 Å². The molecule has 0 aromatic heterocycles. The minimum absolute atomic E-state index is 0.0701. The van der Waals surface area contributed by atoms with Crippen LogP contribution in [0.4, 0.5) is 10.1 Å². The van der Waals surface area contributed by atoms with Gasteiger partial charge in [0, 0.05) is 0 Å². The Morgan fingerprint density at radius 1 is 1.29 bits per heavy atom. The van der Waals surface area contributed by atoms with Crippen LogP contribution >= 0.6 is 11.6 Å². The number of hydrogen-bond acceptors (Lipinski definition) is 3. The molecule has 3 N–H and O–H groups in total. The van der Waals surface area contributed by atoms with Crippen LogP contribution in [0.3, 0.4) is 0 Å². The van der Waals surface area contributed by atoms with Crippen molar-refractivity contribution in [2.24, 2.45) is 0 Å². The first-order chi connectivity index (χ1) is 10.1. The van der Waals surface area contributed by atoms with Crippen LogP contribution in [0.25, 0.3) is 0 Å². The van der Waals surface area contributed by atoms with E-state index in [1.54, 1.807) is 18.2 Å². The molecular formula is C15H14ClFN2O2. The van der Waals surface area contributed by atoms with Gasteiger partial charge in [-0.1, -0.05) is 23.7 Å². The molecule has 4 nitrogen and oxygen atoms in total. The monoisotopic (exact) mass is 308 g/mol. The number of carbonyl (C=O) groups excluding carboxylic acids is 1. The van der Waals surface area contributed by atoms with Gasteiger partial charge < -0.3 is 15.8 Å². The van der Waals surface area contributed by atoms with Gasteiger partial charge >= 0.3 is 0 Å². The van der Waals surface area contributed by atoms with E-state index in [4.69, 9.17) is 22.1 Å². The highest BCUT2D eigenvalue weighted by molar-refractivity contribution is 6.33. The SMILES string of the molecule is Nc1ccccc1OCCNC(=O)c1ccc(F)cc1Cl. The minimum Gasteiger partial charge on any atom is -0.490 e. The standard InChI is InChI=1S/C15H14ClFN2O2/c16-12-9-10(17)5-6-11(12)15(20)19-7-8-21-14-4-2-1-3-13(14)18/h1-6,9H,7-8,18H2,(H,19,20). The van der Waals surface area contributed by atoms with E-state index in [1.807, 2.05) is 6.07 Å². The fourth-order valence-electron chi connectivity index (χ4n) is 1.71. The van der Waals surface area contributed by atoms with Crippen molar-refractivity contribution in [2.45, 2.75) is 0 Å². The second kappa shape index (κ2) is 6.95. The number of nitrogens with two attached hydrogens (primary N) is 1. The summed E-state index contributed by atoms with van der Waals surface area (Å²) in [5.41, 5.74) is 6.47. The number of halogens is 2. The zero-order chi connectivity index (χ0) is 15.2. The molecule has 0 radical (unpaired) electrons. The first kappa shape index (κ1) is 15.1. The number of anilines is 1. The number of carbonyl (C=O) groups is 1. The summed E-state index contributed by atoms with van der Waals surface area (Å²) in [4.78, 5) is 11.9. The van der Waals surface area contributed by atoms with Gasteiger partial charge in [-0.15, -0.1) is 0 Å². The summed E-state index contributed by atoms with van der Waals surface area (Å²) in [6.45, 7) is 0.541. The number of nitrogens with one attached hydrogen (secondary N) is 1. The Bertz CT molecular complexity index is 649. The maximum Gasteiger partial charge on any atom is 0.252 e. The maximum atomic E-state index is 12.9. The number of ether oxygens (including phenoxy) is 1.